The molecule has 1 aliphatic rings. The molecular formula is C21H22FNO5S. The van der Waals surface area contributed by atoms with E-state index >= 15 is 0 Å². The monoisotopic (exact) mass is 419 g/mol. The van der Waals surface area contributed by atoms with Crippen molar-refractivity contribution in [2.75, 3.05) is 26.9 Å². The van der Waals surface area contributed by atoms with Gasteiger partial charge in [-0.05, 0) is 55.3 Å². The molecule has 2 amide bonds. The Kier molecular flexibility index (Phi) is 6.98. The minimum Gasteiger partial charge on any atom is -0.493 e. The molecule has 1 saturated heterocycles. The number of carbonyl (C=O) groups excluding carboxylic acids is 2. The van der Waals surface area contributed by atoms with Gasteiger partial charge in [0.15, 0.2) is 11.5 Å². The molecule has 1 fully saturated rings. The van der Waals surface area contributed by atoms with Crippen molar-refractivity contribution in [3.05, 3.63) is 53.8 Å². The van der Waals surface area contributed by atoms with Crippen LogP contribution in [0.15, 0.2) is 42.5 Å². The SMILES string of the molecule is CCOc1ccc(C[C@@H]2SC(=O)N(CCOc3ccc(F)cc3)C2=O)cc1OC. The lowest BCUT2D eigenvalue weighted by Gasteiger charge is -2.15. The van der Waals surface area contributed by atoms with Gasteiger partial charge in [-0.1, -0.05) is 17.8 Å². The van der Waals surface area contributed by atoms with Gasteiger partial charge in [-0.15, -0.1) is 0 Å². The van der Waals surface area contributed by atoms with E-state index in [0.29, 0.717) is 30.3 Å². The number of hydrogen-bond acceptors (Lipinski definition) is 6. The number of rotatable bonds is 9. The van der Waals surface area contributed by atoms with Crippen LogP contribution in [0.25, 0.3) is 0 Å². The van der Waals surface area contributed by atoms with Crippen LogP contribution in [-0.2, 0) is 11.2 Å². The average Bonchev–Trinajstić information content (AvgIpc) is 2.98. The predicted molar refractivity (Wildman–Crippen MR) is 108 cm³/mol. The quantitative estimate of drug-likeness (QED) is 0.614. The lowest BCUT2D eigenvalue weighted by atomic mass is 10.1. The Morgan fingerprint density at radius 3 is 2.52 bits per heavy atom. The van der Waals surface area contributed by atoms with E-state index < -0.39 is 5.25 Å². The fourth-order valence-electron chi connectivity index (χ4n) is 2.94. The largest absolute Gasteiger partial charge is 0.493 e. The molecule has 0 saturated carbocycles. The number of benzene rings is 2. The third kappa shape index (κ3) is 5.20. The van der Waals surface area contributed by atoms with Gasteiger partial charge in [0.2, 0.25) is 5.91 Å². The molecule has 6 nitrogen and oxygen atoms in total. The van der Waals surface area contributed by atoms with E-state index in [1.54, 1.807) is 13.2 Å². The van der Waals surface area contributed by atoms with Crippen molar-refractivity contribution in [1.82, 2.24) is 4.90 Å². The van der Waals surface area contributed by atoms with Crippen LogP contribution in [0, 0.1) is 5.82 Å². The molecule has 3 rings (SSSR count). The van der Waals surface area contributed by atoms with Crippen molar-refractivity contribution in [1.29, 1.82) is 0 Å². The summed E-state index contributed by atoms with van der Waals surface area (Å²) in [5.74, 6) is 1.12. The van der Waals surface area contributed by atoms with Crippen molar-refractivity contribution in [3.63, 3.8) is 0 Å². The third-order valence-corrected chi connectivity index (χ3v) is 5.43. The summed E-state index contributed by atoms with van der Waals surface area (Å²) in [6.45, 7) is 2.70. The van der Waals surface area contributed by atoms with E-state index in [0.717, 1.165) is 17.3 Å². The van der Waals surface area contributed by atoms with Gasteiger partial charge < -0.3 is 14.2 Å². The Hall–Kier alpha value is -2.74. The molecule has 0 N–H and O–H groups in total. The maximum Gasteiger partial charge on any atom is 0.289 e. The fraction of sp³-hybridized carbons (Fsp3) is 0.333. The summed E-state index contributed by atoms with van der Waals surface area (Å²) in [4.78, 5) is 26.1. The molecule has 0 aliphatic carbocycles. The van der Waals surface area contributed by atoms with Crippen LogP contribution in [0.3, 0.4) is 0 Å². The normalized spacial score (nSPS) is 16.2. The summed E-state index contributed by atoms with van der Waals surface area (Å²) in [5, 5.41) is -0.781. The van der Waals surface area contributed by atoms with Gasteiger partial charge in [0.1, 0.15) is 18.2 Å². The maximum absolute atomic E-state index is 12.9. The molecule has 1 aliphatic heterocycles. The molecule has 0 bridgehead atoms. The van der Waals surface area contributed by atoms with Gasteiger partial charge in [0, 0.05) is 0 Å². The van der Waals surface area contributed by atoms with Gasteiger partial charge in [-0.3, -0.25) is 14.5 Å². The molecule has 2 aromatic carbocycles. The summed E-state index contributed by atoms with van der Waals surface area (Å²) in [5.41, 5.74) is 0.883. The van der Waals surface area contributed by atoms with Gasteiger partial charge in [0.25, 0.3) is 5.24 Å². The first-order chi connectivity index (χ1) is 14.0. The lowest BCUT2D eigenvalue weighted by Crippen LogP contribution is -2.35. The molecule has 1 heterocycles. The van der Waals surface area contributed by atoms with Crippen LogP contribution in [0.5, 0.6) is 17.2 Å². The summed E-state index contributed by atoms with van der Waals surface area (Å²) in [6.07, 6.45) is 0.410. The molecular weight excluding hydrogens is 397 g/mol. The molecule has 8 heteroatoms. The topological polar surface area (TPSA) is 65.1 Å². The van der Waals surface area contributed by atoms with Crippen LogP contribution >= 0.6 is 11.8 Å². The molecule has 29 heavy (non-hydrogen) atoms. The first kappa shape index (κ1) is 21.0. The zero-order chi connectivity index (χ0) is 20.8. The Labute approximate surface area is 172 Å². The highest BCUT2D eigenvalue weighted by molar-refractivity contribution is 8.15. The van der Waals surface area contributed by atoms with Crippen LogP contribution < -0.4 is 14.2 Å². The first-order valence-corrected chi connectivity index (χ1v) is 10.1. The molecule has 154 valence electrons. The van der Waals surface area contributed by atoms with E-state index in [9.17, 15) is 14.0 Å². The number of nitrogens with zero attached hydrogens (tertiary/aromatic N) is 1. The van der Waals surface area contributed by atoms with Crippen molar-refractivity contribution >= 4 is 22.9 Å². The summed E-state index contributed by atoms with van der Waals surface area (Å²) in [6, 6.07) is 11.1. The minimum absolute atomic E-state index is 0.144. The predicted octanol–water partition coefficient (Wildman–Crippen LogP) is 3.92. The number of carbonyl (C=O) groups is 2. The molecule has 0 aromatic heterocycles. The van der Waals surface area contributed by atoms with E-state index in [4.69, 9.17) is 14.2 Å². The number of imide groups is 1. The van der Waals surface area contributed by atoms with Crippen LogP contribution in [0.2, 0.25) is 0 Å². The Morgan fingerprint density at radius 2 is 1.83 bits per heavy atom. The Balaban J connectivity index is 1.57. The van der Waals surface area contributed by atoms with Gasteiger partial charge in [0.05, 0.1) is 25.5 Å². The molecule has 1 atom stereocenters. The van der Waals surface area contributed by atoms with Crippen molar-refractivity contribution < 1.29 is 28.2 Å². The smallest absolute Gasteiger partial charge is 0.289 e. The summed E-state index contributed by atoms with van der Waals surface area (Å²) < 4.78 is 29.2. The number of ether oxygens (including phenoxy) is 3. The van der Waals surface area contributed by atoms with E-state index in [1.165, 1.54) is 29.2 Å². The second kappa shape index (κ2) is 9.65. The summed E-state index contributed by atoms with van der Waals surface area (Å²) in [7, 11) is 1.56. The second-order valence-corrected chi connectivity index (χ2v) is 7.44. The fourth-order valence-corrected chi connectivity index (χ4v) is 4.00. The summed E-state index contributed by atoms with van der Waals surface area (Å²) >= 11 is 1.01. The lowest BCUT2D eigenvalue weighted by molar-refractivity contribution is -0.126. The van der Waals surface area contributed by atoms with E-state index in [1.807, 2.05) is 19.1 Å². The first-order valence-electron chi connectivity index (χ1n) is 9.22. The number of methoxy groups -OCH3 is 1. The maximum atomic E-state index is 12.9. The van der Waals surface area contributed by atoms with Crippen LogP contribution in [0.1, 0.15) is 12.5 Å². The average molecular weight is 419 g/mol. The van der Waals surface area contributed by atoms with Crippen molar-refractivity contribution in [3.8, 4) is 17.2 Å². The van der Waals surface area contributed by atoms with Crippen molar-refractivity contribution in [2.45, 2.75) is 18.6 Å². The number of hydrogen-bond donors (Lipinski definition) is 0. The Bertz CT molecular complexity index is 874. The van der Waals surface area contributed by atoms with Gasteiger partial charge in [-0.25, -0.2) is 4.39 Å². The van der Waals surface area contributed by atoms with E-state index in [-0.39, 0.29) is 30.1 Å². The second-order valence-electron chi connectivity index (χ2n) is 6.29. The standard InChI is InChI=1S/C21H22FNO5S/c1-3-27-17-9-4-14(12-18(17)26-2)13-19-20(24)23(21(25)29-19)10-11-28-16-7-5-15(22)6-8-16/h4-9,12,19H,3,10-11,13H2,1-2H3/t19-/m0/s1. The zero-order valence-electron chi connectivity index (χ0n) is 16.2. The van der Waals surface area contributed by atoms with Crippen LogP contribution in [-0.4, -0.2) is 48.2 Å². The highest BCUT2D eigenvalue weighted by atomic mass is 32.2. The molecule has 0 radical (unpaired) electrons. The van der Waals surface area contributed by atoms with Gasteiger partial charge >= 0.3 is 0 Å². The number of halogens is 1. The molecule has 0 unspecified atom stereocenters. The number of amides is 2. The highest BCUT2D eigenvalue weighted by Crippen LogP contribution is 2.33. The number of thioether (sulfide) groups is 1. The third-order valence-electron chi connectivity index (χ3n) is 4.35. The minimum atomic E-state index is -0.490. The molecule has 0 spiro atoms. The zero-order valence-corrected chi connectivity index (χ0v) is 17.0. The van der Waals surface area contributed by atoms with Crippen molar-refractivity contribution in [2.24, 2.45) is 0 Å². The van der Waals surface area contributed by atoms with Crippen LogP contribution in [0.4, 0.5) is 9.18 Å². The molecule has 2 aromatic rings. The van der Waals surface area contributed by atoms with Gasteiger partial charge in [-0.2, -0.15) is 0 Å². The highest BCUT2D eigenvalue weighted by Gasteiger charge is 2.39. The van der Waals surface area contributed by atoms with E-state index in [2.05, 4.69) is 0 Å². The Morgan fingerprint density at radius 1 is 1.07 bits per heavy atom.